The fourth-order valence-electron chi connectivity index (χ4n) is 2.58. The Bertz CT molecular complexity index is 917. The zero-order valence-electron chi connectivity index (χ0n) is 14.4. The molecule has 2 atom stereocenters. The Morgan fingerprint density at radius 2 is 2.15 bits per heavy atom. The summed E-state index contributed by atoms with van der Waals surface area (Å²) in [5, 5.41) is 9.30. The molecule has 0 spiro atoms. The van der Waals surface area contributed by atoms with Crippen molar-refractivity contribution < 1.29 is 32.2 Å². The van der Waals surface area contributed by atoms with E-state index in [4.69, 9.17) is 4.74 Å². The Labute approximate surface area is 150 Å². The van der Waals surface area contributed by atoms with Crippen LogP contribution < -0.4 is 4.90 Å². The molecule has 0 saturated carbocycles. The summed E-state index contributed by atoms with van der Waals surface area (Å²) in [6, 6.07) is 4.02. The molecular weight excluding hydrogens is 365 g/mol. The van der Waals surface area contributed by atoms with E-state index in [9.17, 15) is 27.5 Å². The van der Waals surface area contributed by atoms with E-state index in [1.807, 2.05) is 0 Å². The maximum absolute atomic E-state index is 14.0. The average Bonchev–Trinajstić information content (AvgIpc) is 2.88. The lowest BCUT2D eigenvalue weighted by atomic mass is 10.0. The summed E-state index contributed by atoms with van der Waals surface area (Å²) in [5.41, 5.74) is 0.393. The Kier molecular flexibility index (Phi) is 5.28. The van der Waals surface area contributed by atoms with Gasteiger partial charge in [0.2, 0.25) is 0 Å². The van der Waals surface area contributed by atoms with Crippen LogP contribution >= 0.6 is 0 Å². The fraction of sp³-hybridized carbons (Fsp3) is 0.412. The number of ether oxygens (including phenoxy) is 1. The number of carboxylic acid groups (broad SMARTS) is 1. The lowest BCUT2D eigenvalue weighted by molar-refractivity contribution is -0.140. The normalized spacial score (nSPS) is 19.3. The van der Waals surface area contributed by atoms with Gasteiger partial charge in [0, 0.05) is 12.7 Å². The van der Waals surface area contributed by atoms with Gasteiger partial charge in [-0.05, 0) is 32.0 Å². The minimum atomic E-state index is -3.95. The summed E-state index contributed by atoms with van der Waals surface area (Å²) in [5.74, 6) is 3.02. The van der Waals surface area contributed by atoms with E-state index in [1.54, 1.807) is 6.92 Å². The number of halogens is 1. The number of anilines is 1. The maximum atomic E-state index is 14.0. The molecule has 1 aliphatic heterocycles. The quantitative estimate of drug-likeness (QED) is 0.778. The number of hydrogen-bond acceptors (Lipinski definition) is 5. The molecule has 7 nitrogen and oxygen atoms in total. The molecule has 1 aromatic carbocycles. The van der Waals surface area contributed by atoms with Crippen LogP contribution in [0.2, 0.25) is 0 Å². The number of cyclic esters (lactones) is 1. The highest BCUT2D eigenvalue weighted by atomic mass is 32.2. The first kappa shape index (κ1) is 19.7. The summed E-state index contributed by atoms with van der Waals surface area (Å²) >= 11 is 0. The summed E-state index contributed by atoms with van der Waals surface area (Å²) in [6.07, 6.45) is -1.36. The van der Waals surface area contributed by atoms with Crippen LogP contribution in [0.1, 0.15) is 25.8 Å². The molecule has 0 aliphatic carbocycles. The zero-order chi connectivity index (χ0) is 19.7. The molecule has 9 heteroatoms. The first-order valence-electron chi connectivity index (χ1n) is 7.63. The molecule has 1 aromatic rings. The highest BCUT2D eigenvalue weighted by Crippen LogP contribution is 2.30. The van der Waals surface area contributed by atoms with Gasteiger partial charge in [-0.15, -0.1) is 5.92 Å². The van der Waals surface area contributed by atoms with Gasteiger partial charge in [-0.3, -0.25) is 9.69 Å². The van der Waals surface area contributed by atoms with Crippen LogP contribution in [0.3, 0.4) is 0 Å². The van der Waals surface area contributed by atoms with E-state index < -0.39 is 45.0 Å². The van der Waals surface area contributed by atoms with Gasteiger partial charge in [-0.1, -0.05) is 5.92 Å². The second-order valence-corrected chi connectivity index (χ2v) is 8.61. The van der Waals surface area contributed by atoms with Crippen LogP contribution in [0.15, 0.2) is 18.2 Å². The second-order valence-electron chi connectivity index (χ2n) is 6.17. The number of aliphatic carboxylic acids is 1. The minimum Gasteiger partial charge on any atom is -0.480 e. The monoisotopic (exact) mass is 383 g/mol. The molecule has 140 valence electrons. The van der Waals surface area contributed by atoms with Crippen molar-refractivity contribution in [3.8, 4) is 11.8 Å². The van der Waals surface area contributed by atoms with Crippen LogP contribution in [-0.2, 0) is 19.4 Å². The van der Waals surface area contributed by atoms with Crippen molar-refractivity contribution in [2.24, 2.45) is 0 Å². The number of hydrogen-bond donors (Lipinski definition) is 1. The summed E-state index contributed by atoms with van der Waals surface area (Å²) < 4.78 is 40.7. The highest BCUT2D eigenvalue weighted by molar-refractivity contribution is 7.92. The molecule has 0 unspecified atom stereocenters. The van der Waals surface area contributed by atoms with Crippen LogP contribution in [-0.4, -0.2) is 49.2 Å². The van der Waals surface area contributed by atoms with E-state index in [2.05, 4.69) is 11.8 Å². The van der Waals surface area contributed by atoms with Crippen molar-refractivity contribution in [1.82, 2.24) is 0 Å². The molecule has 0 aromatic heterocycles. The van der Waals surface area contributed by atoms with Gasteiger partial charge < -0.3 is 9.84 Å². The molecule has 1 aliphatic rings. The molecule has 1 amide bonds. The number of amides is 1. The third-order valence-corrected chi connectivity index (χ3v) is 6.26. The SMILES string of the molecule is CC#Cc1ccc(N2C[C@H](C[C@](C)(C(=O)O)S(C)(=O)=O)OC2=O)cc1F. The first-order chi connectivity index (χ1) is 12.0. The highest BCUT2D eigenvalue weighted by Gasteiger charge is 2.48. The van der Waals surface area contributed by atoms with Gasteiger partial charge in [-0.25, -0.2) is 17.6 Å². The molecule has 2 rings (SSSR count). The van der Waals surface area contributed by atoms with Crippen molar-refractivity contribution >= 4 is 27.6 Å². The Morgan fingerprint density at radius 1 is 1.50 bits per heavy atom. The predicted octanol–water partition coefficient (Wildman–Crippen LogP) is 1.80. The van der Waals surface area contributed by atoms with Gasteiger partial charge in [0.05, 0.1) is 17.8 Å². The number of benzene rings is 1. The van der Waals surface area contributed by atoms with Crippen LogP contribution in [0.4, 0.5) is 14.9 Å². The molecule has 26 heavy (non-hydrogen) atoms. The van der Waals surface area contributed by atoms with Crippen molar-refractivity contribution in [3.63, 3.8) is 0 Å². The van der Waals surface area contributed by atoms with Crippen molar-refractivity contribution in [2.45, 2.75) is 31.1 Å². The smallest absolute Gasteiger partial charge is 0.414 e. The van der Waals surface area contributed by atoms with Crippen LogP contribution in [0.25, 0.3) is 0 Å². The second kappa shape index (κ2) is 6.96. The largest absolute Gasteiger partial charge is 0.480 e. The summed E-state index contributed by atoms with van der Waals surface area (Å²) in [6.45, 7) is 2.55. The predicted molar refractivity (Wildman–Crippen MR) is 92.1 cm³/mol. The summed E-state index contributed by atoms with van der Waals surface area (Å²) in [4.78, 5) is 24.6. The molecule has 1 heterocycles. The Hall–Kier alpha value is -2.60. The molecule has 0 bridgehead atoms. The van der Waals surface area contributed by atoms with Crippen LogP contribution in [0.5, 0.6) is 0 Å². The Morgan fingerprint density at radius 3 is 2.65 bits per heavy atom. The zero-order valence-corrected chi connectivity index (χ0v) is 15.3. The number of carbonyl (C=O) groups is 2. The molecule has 1 fully saturated rings. The van der Waals surface area contributed by atoms with Gasteiger partial charge in [-0.2, -0.15) is 0 Å². The number of carboxylic acids is 1. The molecular formula is C17H18FNO6S. The number of sulfone groups is 1. The van der Waals surface area contributed by atoms with E-state index in [0.717, 1.165) is 24.1 Å². The molecule has 1 N–H and O–H groups in total. The number of rotatable bonds is 5. The van der Waals surface area contributed by atoms with Gasteiger partial charge >= 0.3 is 12.1 Å². The van der Waals surface area contributed by atoms with E-state index in [-0.39, 0.29) is 17.8 Å². The van der Waals surface area contributed by atoms with Gasteiger partial charge in [0.15, 0.2) is 14.6 Å². The van der Waals surface area contributed by atoms with E-state index in [1.165, 1.54) is 12.1 Å². The third kappa shape index (κ3) is 3.65. The minimum absolute atomic E-state index is 0.0878. The third-order valence-electron chi connectivity index (χ3n) is 4.29. The molecule has 0 radical (unpaired) electrons. The van der Waals surface area contributed by atoms with Gasteiger partial charge in [0.25, 0.3) is 0 Å². The maximum Gasteiger partial charge on any atom is 0.414 e. The van der Waals surface area contributed by atoms with E-state index >= 15 is 0 Å². The van der Waals surface area contributed by atoms with E-state index in [0.29, 0.717) is 0 Å². The lowest BCUT2D eigenvalue weighted by Crippen LogP contribution is -2.46. The first-order valence-corrected chi connectivity index (χ1v) is 9.52. The number of nitrogens with zero attached hydrogens (tertiary/aromatic N) is 1. The topological polar surface area (TPSA) is 101 Å². The van der Waals surface area contributed by atoms with Gasteiger partial charge in [0.1, 0.15) is 11.9 Å². The average molecular weight is 383 g/mol. The standard InChI is InChI=1S/C17H18FNO6S/c1-4-5-11-6-7-12(8-14(11)18)19-10-13(25-16(19)22)9-17(2,15(20)21)26(3,23)24/h6-8,13H,9-10H2,1-3H3,(H,20,21)/t13-,17+/m0/s1. The Balaban J connectivity index is 2.24. The fourth-order valence-corrected chi connectivity index (χ4v) is 3.38. The number of carbonyl (C=O) groups excluding carboxylic acids is 1. The van der Waals surface area contributed by atoms with Crippen LogP contribution in [0, 0.1) is 17.7 Å². The van der Waals surface area contributed by atoms with Crippen molar-refractivity contribution in [1.29, 1.82) is 0 Å². The van der Waals surface area contributed by atoms with Crippen molar-refractivity contribution in [3.05, 3.63) is 29.6 Å². The lowest BCUT2D eigenvalue weighted by Gasteiger charge is -2.24. The molecule has 1 saturated heterocycles. The van der Waals surface area contributed by atoms with Crippen molar-refractivity contribution in [2.75, 3.05) is 17.7 Å². The summed E-state index contributed by atoms with van der Waals surface area (Å²) in [7, 11) is -3.95.